The van der Waals surface area contributed by atoms with Gasteiger partial charge in [0.1, 0.15) is 0 Å². The molecule has 0 aliphatic heterocycles. The minimum absolute atomic E-state index is 0.0431. The zero-order chi connectivity index (χ0) is 12.0. The van der Waals surface area contributed by atoms with Gasteiger partial charge in [0.15, 0.2) is 6.29 Å². The number of ether oxygens (including phenoxy) is 2. The van der Waals surface area contributed by atoms with Gasteiger partial charge >= 0.3 is 0 Å². The van der Waals surface area contributed by atoms with Gasteiger partial charge in [-0.25, -0.2) is 0 Å². The molecule has 0 amide bonds. The van der Waals surface area contributed by atoms with E-state index in [0.717, 1.165) is 11.3 Å². The van der Waals surface area contributed by atoms with Gasteiger partial charge in [-0.2, -0.15) is 0 Å². The Hall–Kier alpha value is -1.17. The number of nitrogen functional groups attached to an aromatic ring is 1. The summed E-state index contributed by atoms with van der Waals surface area (Å²) in [6.07, 6.45) is 3.85. The lowest BCUT2D eigenvalue weighted by Gasteiger charge is -2.24. The van der Waals surface area contributed by atoms with Crippen molar-refractivity contribution in [3.05, 3.63) is 24.0 Å². The molecule has 1 aromatic rings. The van der Waals surface area contributed by atoms with Gasteiger partial charge in [-0.15, -0.1) is 0 Å². The van der Waals surface area contributed by atoms with Crippen LogP contribution in [0, 0.1) is 0 Å². The Morgan fingerprint density at radius 3 is 2.62 bits per heavy atom. The maximum Gasteiger partial charge on any atom is 0.172 e. The van der Waals surface area contributed by atoms with Gasteiger partial charge in [0.2, 0.25) is 0 Å². The number of aromatic nitrogens is 1. The molecule has 0 radical (unpaired) electrons. The molecule has 0 fully saturated rings. The second-order valence-electron chi connectivity index (χ2n) is 3.51. The van der Waals surface area contributed by atoms with Gasteiger partial charge in [0, 0.05) is 32.3 Å². The van der Waals surface area contributed by atoms with Crippen LogP contribution in [0.3, 0.4) is 0 Å². The summed E-state index contributed by atoms with van der Waals surface area (Å²) >= 11 is 0. The first kappa shape index (κ1) is 12.9. The Morgan fingerprint density at radius 1 is 1.44 bits per heavy atom. The van der Waals surface area contributed by atoms with Crippen LogP contribution in [0.4, 0.5) is 5.69 Å². The van der Waals surface area contributed by atoms with Crippen molar-refractivity contribution in [2.24, 2.45) is 0 Å². The molecule has 1 rings (SSSR count). The lowest BCUT2D eigenvalue weighted by atomic mass is 10.1. The highest BCUT2D eigenvalue weighted by molar-refractivity contribution is 5.44. The molecule has 1 atom stereocenters. The molecule has 0 bridgehead atoms. The standard InChI is InChI=1S/C11H19N3O2/c1-13-10(11(15-2)16-3)6-8-7-14-5-4-9(8)12/h4-5,7,10-11,13H,6H2,1-3H3,(H2,12,14). The Labute approximate surface area is 96.0 Å². The van der Waals surface area contributed by atoms with Gasteiger partial charge in [0.25, 0.3) is 0 Å². The second kappa shape index (κ2) is 6.42. The first-order chi connectivity index (χ1) is 7.72. The number of anilines is 1. The Kier molecular flexibility index (Phi) is 5.18. The molecule has 16 heavy (non-hydrogen) atoms. The van der Waals surface area contributed by atoms with Crippen LogP contribution in [0.25, 0.3) is 0 Å². The first-order valence-electron chi connectivity index (χ1n) is 5.14. The van der Waals surface area contributed by atoms with Crippen LogP contribution < -0.4 is 11.1 Å². The van der Waals surface area contributed by atoms with E-state index in [2.05, 4.69) is 10.3 Å². The average Bonchev–Trinajstić information content (AvgIpc) is 2.31. The molecule has 1 unspecified atom stereocenters. The van der Waals surface area contributed by atoms with Crippen LogP contribution in [0.15, 0.2) is 18.5 Å². The van der Waals surface area contributed by atoms with Crippen LogP contribution in [0.2, 0.25) is 0 Å². The summed E-state index contributed by atoms with van der Waals surface area (Å²) in [4.78, 5) is 4.05. The van der Waals surface area contributed by atoms with E-state index in [0.29, 0.717) is 6.42 Å². The molecular weight excluding hydrogens is 206 g/mol. The fourth-order valence-electron chi connectivity index (χ4n) is 1.60. The van der Waals surface area contributed by atoms with Crippen LogP contribution in [-0.2, 0) is 15.9 Å². The van der Waals surface area contributed by atoms with Crippen LogP contribution in [-0.4, -0.2) is 38.6 Å². The lowest BCUT2D eigenvalue weighted by Crippen LogP contribution is -2.41. The highest BCUT2D eigenvalue weighted by atomic mass is 16.7. The Bertz CT molecular complexity index is 316. The van der Waals surface area contributed by atoms with E-state index in [-0.39, 0.29) is 12.3 Å². The number of hydrogen-bond donors (Lipinski definition) is 2. The summed E-state index contributed by atoms with van der Waals surface area (Å²) in [7, 11) is 5.10. The van der Waals surface area contributed by atoms with Crippen LogP contribution in [0.5, 0.6) is 0 Å². The summed E-state index contributed by atoms with van der Waals surface area (Å²) in [6, 6.07) is 1.83. The Balaban J connectivity index is 2.73. The maximum absolute atomic E-state index is 5.86. The molecule has 0 saturated carbocycles. The van der Waals surface area contributed by atoms with Crippen molar-refractivity contribution in [2.45, 2.75) is 18.8 Å². The summed E-state index contributed by atoms with van der Waals surface area (Å²) in [6.45, 7) is 0. The topological polar surface area (TPSA) is 69.4 Å². The zero-order valence-corrected chi connectivity index (χ0v) is 9.93. The van der Waals surface area contributed by atoms with Crippen molar-refractivity contribution in [2.75, 3.05) is 27.0 Å². The third-order valence-corrected chi connectivity index (χ3v) is 2.55. The number of hydrogen-bond acceptors (Lipinski definition) is 5. The predicted molar refractivity (Wildman–Crippen MR) is 63.0 cm³/mol. The summed E-state index contributed by atoms with van der Waals surface area (Å²) in [5.41, 5.74) is 7.58. The van der Waals surface area contributed by atoms with Crippen molar-refractivity contribution < 1.29 is 9.47 Å². The molecule has 0 aliphatic rings. The van der Waals surface area contributed by atoms with E-state index >= 15 is 0 Å². The van der Waals surface area contributed by atoms with Crippen LogP contribution >= 0.6 is 0 Å². The van der Waals surface area contributed by atoms with E-state index < -0.39 is 0 Å². The van der Waals surface area contributed by atoms with Crippen molar-refractivity contribution in [3.63, 3.8) is 0 Å². The molecular formula is C11H19N3O2. The monoisotopic (exact) mass is 225 g/mol. The normalized spacial score (nSPS) is 13.0. The van der Waals surface area contributed by atoms with Crippen LogP contribution in [0.1, 0.15) is 5.56 Å². The number of methoxy groups -OCH3 is 2. The van der Waals surface area contributed by atoms with Gasteiger partial charge in [-0.1, -0.05) is 0 Å². The number of nitrogens with two attached hydrogens (primary N) is 1. The smallest absolute Gasteiger partial charge is 0.172 e. The van der Waals surface area contributed by atoms with Gasteiger partial charge in [-0.05, 0) is 25.1 Å². The number of rotatable bonds is 6. The summed E-state index contributed by atoms with van der Waals surface area (Å²) in [5.74, 6) is 0. The number of nitrogens with zero attached hydrogens (tertiary/aromatic N) is 1. The van der Waals surface area contributed by atoms with Gasteiger partial charge < -0.3 is 20.5 Å². The second-order valence-corrected chi connectivity index (χ2v) is 3.51. The molecule has 90 valence electrons. The minimum Gasteiger partial charge on any atom is -0.398 e. The van der Waals surface area contributed by atoms with E-state index in [9.17, 15) is 0 Å². The third kappa shape index (κ3) is 3.16. The van der Waals surface area contributed by atoms with Gasteiger partial charge in [-0.3, -0.25) is 4.98 Å². The molecule has 0 aliphatic carbocycles. The molecule has 5 nitrogen and oxygen atoms in total. The van der Waals surface area contributed by atoms with Gasteiger partial charge in [0.05, 0.1) is 6.04 Å². The maximum atomic E-state index is 5.86. The van der Waals surface area contributed by atoms with Crippen molar-refractivity contribution in [1.82, 2.24) is 10.3 Å². The zero-order valence-electron chi connectivity index (χ0n) is 9.93. The molecule has 3 N–H and O–H groups in total. The summed E-state index contributed by atoms with van der Waals surface area (Å²) < 4.78 is 10.4. The van der Waals surface area contributed by atoms with Crippen molar-refractivity contribution in [1.29, 1.82) is 0 Å². The highest BCUT2D eigenvalue weighted by Gasteiger charge is 2.20. The SMILES string of the molecule is CNC(Cc1cnccc1N)C(OC)OC. The van der Waals surface area contributed by atoms with E-state index in [1.165, 1.54) is 0 Å². The first-order valence-corrected chi connectivity index (χ1v) is 5.14. The predicted octanol–water partition coefficient (Wildman–Crippen LogP) is 0.413. The molecule has 0 saturated heterocycles. The largest absolute Gasteiger partial charge is 0.398 e. The fourth-order valence-corrected chi connectivity index (χ4v) is 1.60. The molecule has 0 aromatic carbocycles. The molecule has 1 aromatic heterocycles. The number of likely N-dealkylation sites (N-methyl/N-ethyl adjacent to an activating group) is 1. The van der Waals surface area contributed by atoms with Crippen molar-refractivity contribution in [3.8, 4) is 0 Å². The lowest BCUT2D eigenvalue weighted by molar-refractivity contribution is -0.121. The highest BCUT2D eigenvalue weighted by Crippen LogP contribution is 2.13. The fraction of sp³-hybridized carbons (Fsp3) is 0.545. The Morgan fingerprint density at radius 2 is 2.12 bits per heavy atom. The number of nitrogens with one attached hydrogen (secondary N) is 1. The van der Waals surface area contributed by atoms with E-state index in [4.69, 9.17) is 15.2 Å². The number of pyridine rings is 1. The molecule has 0 spiro atoms. The van der Waals surface area contributed by atoms with E-state index in [1.54, 1.807) is 32.7 Å². The molecule has 1 heterocycles. The van der Waals surface area contributed by atoms with Crippen molar-refractivity contribution >= 4 is 5.69 Å². The average molecular weight is 225 g/mol. The van der Waals surface area contributed by atoms with E-state index in [1.807, 2.05) is 7.05 Å². The minimum atomic E-state index is -0.301. The quantitative estimate of drug-likeness (QED) is 0.686. The summed E-state index contributed by atoms with van der Waals surface area (Å²) in [5, 5.41) is 3.15. The molecule has 5 heteroatoms. The third-order valence-electron chi connectivity index (χ3n) is 2.55.